The quantitative estimate of drug-likeness (QED) is 0.199. The van der Waals surface area contributed by atoms with Crippen LogP contribution >= 0.6 is 11.8 Å². The van der Waals surface area contributed by atoms with Crippen LogP contribution in [0.1, 0.15) is 56.6 Å². The van der Waals surface area contributed by atoms with E-state index in [1.54, 1.807) is 36.6 Å². The molecule has 0 aliphatic carbocycles. The number of aryl methyl sites for hydroxylation is 2. The van der Waals surface area contributed by atoms with Gasteiger partial charge in [0.15, 0.2) is 23.2 Å². The normalized spacial score (nSPS) is 19.1. The van der Waals surface area contributed by atoms with Crippen molar-refractivity contribution < 1.29 is 28.2 Å². The second-order valence-electron chi connectivity index (χ2n) is 13.4. The summed E-state index contributed by atoms with van der Waals surface area (Å²) in [6.45, 7) is 8.22. The number of thioether (sulfide) groups is 1. The van der Waals surface area contributed by atoms with Gasteiger partial charge in [0, 0.05) is 48.1 Å². The van der Waals surface area contributed by atoms with Gasteiger partial charge in [-0.05, 0) is 81.2 Å². The first-order valence-electron chi connectivity index (χ1n) is 16.1. The molecule has 2 aromatic heterocycles. The molecule has 0 saturated heterocycles. The monoisotopic (exact) mass is 674 g/mol. The van der Waals surface area contributed by atoms with Crippen LogP contribution in [0.2, 0.25) is 0 Å². The van der Waals surface area contributed by atoms with E-state index in [0.717, 1.165) is 22.1 Å². The Labute approximate surface area is 282 Å². The summed E-state index contributed by atoms with van der Waals surface area (Å²) >= 11 is 1.72. The summed E-state index contributed by atoms with van der Waals surface area (Å²) in [7, 11) is 1.71. The molecule has 8 nitrogen and oxygen atoms in total. The number of nitrogens with zero attached hydrogens (tertiary/aromatic N) is 3. The van der Waals surface area contributed by atoms with Crippen LogP contribution in [0.4, 0.5) is 8.78 Å². The summed E-state index contributed by atoms with van der Waals surface area (Å²) in [6, 6.07) is 15.5. The van der Waals surface area contributed by atoms with E-state index in [1.165, 1.54) is 24.3 Å². The fourth-order valence-electron chi connectivity index (χ4n) is 6.22. The van der Waals surface area contributed by atoms with Crippen molar-refractivity contribution in [3.05, 3.63) is 94.9 Å². The summed E-state index contributed by atoms with van der Waals surface area (Å²) in [5.74, 6) is 0.126. The maximum Gasteiger partial charge on any atom is 0.306 e. The van der Waals surface area contributed by atoms with Crippen LogP contribution in [-0.4, -0.2) is 54.5 Å². The Morgan fingerprint density at radius 1 is 1.12 bits per heavy atom. The molecule has 0 fully saturated rings. The van der Waals surface area contributed by atoms with Crippen molar-refractivity contribution in [3.8, 4) is 22.9 Å². The number of carboxylic acids is 1. The first kappa shape index (κ1) is 33.7. The van der Waals surface area contributed by atoms with Gasteiger partial charge in [0.25, 0.3) is 0 Å². The average molecular weight is 675 g/mol. The smallest absolute Gasteiger partial charge is 0.306 e. The molecule has 0 saturated carbocycles. The molecule has 6 rings (SSSR count). The highest BCUT2D eigenvalue weighted by molar-refractivity contribution is 7.99. The van der Waals surface area contributed by atoms with Gasteiger partial charge in [-0.2, -0.15) is 16.9 Å². The van der Waals surface area contributed by atoms with E-state index in [9.17, 15) is 9.90 Å². The van der Waals surface area contributed by atoms with E-state index >= 15 is 8.78 Å². The standard InChI is InChI=1S/C37H40F2N4O4S/c1-22(34(44)45)17-23-7-6-8-24(18-23)37(4)13-15-46-36(2,3)21-48-16-12-27-26-11-14-40-31(26)20-30(39)32(27)47-25-9-10-29(38)28(19-25)33-41-35(37)42-43(33)5/h6-11,14,18-20,22,40H,12-13,15-17,21H2,1-5H3,(H,44,45). The maximum atomic E-state index is 15.6. The second kappa shape index (κ2) is 13.4. The first-order chi connectivity index (χ1) is 22.8. The lowest BCUT2D eigenvalue weighted by molar-refractivity contribution is -0.141. The van der Waals surface area contributed by atoms with Gasteiger partial charge in [0.1, 0.15) is 11.6 Å². The Kier molecular flexibility index (Phi) is 9.37. The molecular weight excluding hydrogens is 634 g/mol. The lowest BCUT2D eigenvalue weighted by Gasteiger charge is -2.31. The van der Waals surface area contributed by atoms with Gasteiger partial charge in [0.05, 0.1) is 22.5 Å². The van der Waals surface area contributed by atoms with Crippen LogP contribution in [0.5, 0.6) is 11.5 Å². The minimum absolute atomic E-state index is 0.111. The van der Waals surface area contributed by atoms with Crippen molar-refractivity contribution in [2.24, 2.45) is 13.0 Å². The van der Waals surface area contributed by atoms with E-state index < -0.39 is 34.5 Å². The minimum atomic E-state index is -0.857. The lowest BCUT2D eigenvalue weighted by Crippen LogP contribution is -2.33. The van der Waals surface area contributed by atoms with Gasteiger partial charge in [-0.15, -0.1) is 0 Å². The highest BCUT2D eigenvalue weighted by Crippen LogP contribution is 2.39. The van der Waals surface area contributed by atoms with Crippen LogP contribution < -0.4 is 4.74 Å². The molecular formula is C37H40F2N4O4S. The SMILES string of the molecule is CC(Cc1cccc(C2(C)CCOC(C)(C)CSCCc3c(c(F)cc4[nH]ccc34)Oc3ccc(F)c(c3)-c3nc2nn3C)c1)C(=O)O. The van der Waals surface area contributed by atoms with E-state index in [2.05, 4.69) is 18.8 Å². The lowest BCUT2D eigenvalue weighted by atomic mass is 9.78. The number of carboxylic acid groups (broad SMARTS) is 1. The van der Waals surface area contributed by atoms with Crippen molar-refractivity contribution in [3.63, 3.8) is 0 Å². The van der Waals surface area contributed by atoms with Gasteiger partial charge < -0.3 is 19.6 Å². The van der Waals surface area contributed by atoms with Gasteiger partial charge >= 0.3 is 5.97 Å². The van der Waals surface area contributed by atoms with E-state index in [0.29, 0.717) is 48.7 Å². The maximum absolute atomic E-state index is 15.6. The van der Waals surface area contributed by atoms with E-state index in [4.69, 9.17) is 19.6 Å². The third-order valence-corrected chi connectivity index (χ3v) is 10.5. The van der Waals surface area contributed by atoms with Crippen LogP contribution in [-0.2, 0) is 34.8 Å². The molecule has 252 valence electrons. The Hall–Kier alpha value is -4.22. The number of nitrogens with one attached hydrogen (secondary N) is 1. The number of benzene rings is 3. The largest absolute Gasteiger partial charge is 0.481 e. The Balaban J connectivity index is 1.46. The van der Waals surface area contributed by atoms with Crippen LogP contribution in [0.3, 0.4) is 0 Å². The Bertz CT molecular complexity index is 1970. The van der Waals surface area contributed by atoms with Crippen molar-refractivity contribution in [1.29, 1.82) is 0 Å². The summed E-state index contributed by atoms with van der Waals surface area (Å²) in [5, 5.41) is 15.2. The predicted octanol–water partition coefficient (Wildman–Crippen LogP) is 8.08. The highest BCUT2D eigenvalue weighted by Gasteiger charge is 2.36. The predicted molar refractivity (Wildman–Crippen MR) is 184 cm³/mol. The number of rotatable bonds is 4. The molecule has 0 amide bonds. The number of aliphatic carboxylic acids is 1. The number of aromatic nitrogens is 4. The van der Waals surface area contributed by atoms with E-state index in [1.807, 2.05) is 37.3 Å². The zero-order valence-electron chi connectivity index (χ0n) is 27.8. The van der Waals surface area contributed by atoms with Gasteiger partial charge in [0.2, 0.25) is 0 Å². The molecule has 48 heavy (non-hydrogen) atoms. The molecule has 2 atom stereocenters. The number of halogens is 2. The molecule has 2 N–H and O–H groups in total. The van der Waals surface area contributed by atoms with Crippen LogP contribution in [0.25, 0.3) is 22.3 Å². The molecule has 2 unspecified atom stereocenters. The molecule has 11 heteroatoms. The number of fused-ring (bicyclic) bond motifs is 8. The van der Waals surface area contributed by atoms with Crippen molar-refractivity contribution in [2.45, 2.75) is 58.0 Å². The zero-order chi connectivity index (χ0) is 34.2. The Morgan fingerprint density at radius 3 is 2.73 bits per heavy atom. The zero-order valence-corrected chi connectivity index (χ0v) is 28.6. The van der Waals surface area contributed by atoms with Crippen molar-refractivity contribution in [2.75, 3.05) is 18.1 Å². The number of carbonyl (C=O) groups is 1. The molecule has 5 aromatic rings. The van der Waals surface area contributed by atoms with Gasteiger partial charge in [-0.25, -0.2) is 18.4 Å². The van der Waals surface area contributed by atoms with Gasteiger partial charge in [-0.3, -0.25) is 4.79 Å². The molecule has 3 heterocycles. The minimum Gasteiger partial charge on any atom is -0.481 e. The summed E-state index contributed by atoms with van der Waals surface area (Å²) in [6.07, 6.45) is 3.23. The highest BCUT2D eigenvalue weighted by atomic mass is 32.2. The third-order valence-electron chi connectivity index (χ3n) is 9.09. The van der Waals surface area contributed by atoms with Crippen molar-refractivity contribution >= 4 is 28.6 Å². The molecule has 4 bridgehead atoms. The average Bonchev–Trinajstić information content (AvgIpc) is 3.67. The first-order valence-corrected chi connectivity index (χ1v) is 17.2. The number of H-pyrrole nitrogens is 1. The third kappa shape index (κ3) is 6.84. The second-order valence-corrected chi connectivity index (χ2v) is 14.5. The van der Waals surface area contributed by atoms with E-state index in [-0.39, 0.29) is 22.9 Å². The molecule has 0 radical (unpaired) electrons. The fourth-order valence-corrected chi connectivity index (χ4v) is 7.29. The topological polar surface area (TPSA) is 102 Å². The van der Waals surface area contributed by atoms with Gasteiger partial charge in [-0.1, -0.05) is 31.2 Å². The molecule has 3 aromatic carbocycles. The van der Waals surface area contributed by atoms with Crippen molar-refractivity contribution in [1.82, 2.24) is 19.7 Å². The number of hydrogen-bond acceptors (Lipinski definition) is 6. The summed E-state index contributed by atoms with van der Waals surface area (Å²) in [5.41, 5.74) is 2.14. The molecule has 1 aliphatic rings. The van der Waals surface area contributed by atoms with Crippen LogP contribution in [0, 0.1) is 17.6 Å². The van der Waals surface area contributed by atoms with Crippen LogP contribution in [0.15, 0.2) is 60.8 Å². The summed E-state index contributed by atoms with van der Waals surface area (Å²) in [4.78, 5) is 19.6. The summed E-state index contributed by atoms with van der Waals surface area (Å²) < 4.78 is 45.4. The number of hydrogen-bond donors (Lipinski definition) is 2. The Morgan fingerprint density at radius 2 is 1.94 bits per heavy atom. The number of aromatic amines is 1. The number of ether oxygens (including phenoxy) is 2. The molecule has 1 aliphatic heterocycles. The molecule has 0 spiro atoms. The fraction of sp³-hybridized carbons (Fsp3) is 0.378.